The average Bonchev–Trinajstić information content (AvgIpc) is 2.96. The summed E-state index contributed by atoms with van der Waals surface area (Å²) in [6.07, 6.45) is 30.5. The molecule has 0 aromatic carbocycles. The topological polar surface area (TPSA) is 110 Å². The Morgan fingerprint density at radius 1 is 0.625 bits per heavy atom. The average molecular weight is 566 g/mol. The molecule has 0 bridgehead atoms. The second-order valence-corrected chi connectivity index (χ2v) is 11.2. The summed E-state index contributed by atoms with van der Waals surface area (Å²) in [6.45, 7) is 3.85. The highest BCUT2D eigenvalue weighted by atomic mass is 16.3. The minimum absolute atomic E-state index is 0.355. The van der Waals surface area contributed by atoms with Crippen molar-refractivity contribution in [1.82, 2.24) is 5.32 Å². The van der Waals surface area contributed by atoms with E-state index in [-0.39, 0.29) is 0 Å². The Kier molecular flexibility index (Phi) is 28.0. The summed E-state index contributed by atoms with van der Waals surface area (Å²) < 4.78 is 0. The molecule has 1 amide bonds. The van der Waals surface area contributed by atoms with E-state index in [4.69, 9.17) is 0 Å². The number of nitrogens with one attached hydrogen (secondary N) is 1. The van der Waals surface area contributed by atoms with Gasteiger partial charge in [0.05, 0.1) is 18.8 Å². The Hall–Kier alpha value is -1.47. The highest BCUT2D eigenvalue weighted by Crippen LogP contribution is 2.13. The number of aliphatic hydroxyl groups excluding tert-OH is 4. The summed E-state index contributed by atoms with van der Waals surface area (Å²) in [5, 5.41) is 42.9. The predicted octanol–water partition coefficient (Wildman–Crippen LogP) is 7.06. The van der Waals surface area contributed by atoms with Crippen molar-refractivity contribution in [2.75, 3.05) is 6.61 Å². The highest BCUT2D eigenvalue weighted by molar-refractivity contribution is 5.80. The molecule has 4 unspecified atom stereocenters. The third-order valence-corrected chi connectivity index (χ3v) is 7.33. The summed E-state index contributed by atoms with van der Waals surface area (Å²) in [5.74, 6) is -0.606. The van der Waals surface area contributed by atoms with Crippen LogP contribution >= 0.6 is 0 Å². The smallest absolute Gasteiger partial charge is 0.249 e. The van der Waals surface area contributed by atoms with Gasteiger partial charge in [0.15, 0.2) is 0 Å². The Balaban J connectivity index is 3.81. The van der Waals surface area contributed by atoms with E-state index >= 15 is 0 Å². The van der Waals surface area contributed by atoms with Crippen LogP contribution in [0.3, 0.4) is 0 Å². The standard InChI is InChI=1S/C34H63NO5/c1-3-5-7-9-11-12-13-14-15-16-17-18-19-20-21-22-24-26-28-32(38)34(40)35-30(29-36)33(39)31(37)27-25-23-10-8-6-4-2/h8,10-14,30-33,36-39H,3-7,9,15-29H2,1-2H3,(H,35,40)/b10-8+,12-11-,14-13-. The van der Waals surface area contributed by atoms with E-state index in [0.29, 0.717) is 19.3 Å². The van der Waals surface area contributed by atoms with Gasteiger partial charge in [0.2, 0.25) is 5.91 Å². The number of hydrogen-bond donors (Lipinski definition) is 5. The molecule has 0 aliphatic carbocycles. The Morgan fingerprint density at radius 3 is 1.73 bits per heavy atom. The lowest BCUT2D eigenvalue weighted by atomic mass is 10.00. The van der Waals surface area contributed by atoms with E-state index in [1.54, 1.807) is 0 Å². The molecule has 0 spiro atoms. The van der Waals surface area contributed by atoms with Crippen LogP contribution in [-0.2, 0) is 4.79 Å². The molecule has 0 fully saturated rings. The van der Waals surface area contributed by atoms with Crippen LogP contribution in [0.1, 0.15) is 142 Å². The van der Waals surface area contributed by atoms with E-state index in [1.807, 2.05) is 0 Å². The molecule has 5 N–H and O–H groups in total. The van der Waals surface area contributed by atoms with E-state index in [0.717, 1.165) is 44.9 Å². The van der Waals surface area contributed by atoms with Gasteiger partial charge in [-0.25, -0.2) is 0 Å². The third kappa shape index (κ3) is 23.3. The number of rotatable bonds is 28. The van der Waals surface area contributed by atoms with Gasteiger partial charge in [-0.3, -0.25) is 4.79 Å². The van der Waals surface area contributed by atoms with Crippen molar-refractivity contribution in [3.8, 4) is 0 Å². The van der Waals surface area contributed by atoms with Gasteiger partial charge in [-0.1, -0.05) is 121 Å². The van der Waals surface area contributed by atoms with Crippen LogP contribution in [0.25, 0.3) is 0 Å². The molecule has 0 rings (SSSR count). The molecule has 0 aromatic rings. The Morgan fingerprint density at radius 2 is 1.15 bits per heavy atom. The fourth-order valence-corrected chi connectivity index (χ4v) is 4.63. The lowest BCUT2D eigenvalue weighted by Gasteiger charge is -2.27. The molecule has 0 aliphatic heterocycles. The van der Waals surface area contributed by atoms with E-state index in [2.05, 4.69) is 55.6 Å². The van der Waals surface area contributed by atoms with E-state index < -0.39 is 36.9 Å². The molecule has 40 heavy (non-hydrogen) atoms. The normalized spacial score (nSPS) is 15.2. The molecule has 234 valence electrons. The first-order chi connectivity index (χ1) is 19.5. The number of aliphatic hydroxyl groups is 4. The number of carbonyl (C=O) groups excluding carboxylic acids is 1. The van der Waals surface area contributed by atoms with Gasteiger partial charge in [-0.2, -0.15) is 0 Å². The summed E-state index contributed by atoms with van der Waals surface area (Å²) in [6, 6.07) is -0.999. The fraction of sp³-hybridized carbons (Fsp3) is 0.794. The second-order valence-electron chi connectivity index (χ2n) is 11.2. The molecule has 0 aromatic heterocycles. The molecule has 0 saturated carbocycles. The van der Waals surface area contributed by atoms with Gasteiger partial charge < -0.3 is 25.7 Å². The SMILES string of the molecule is CCC/C=C/CCCC(O)C(O)C(CO)NC(=O)C(O)CCCCCCCCCCC/C=C\C=C/CCCCC. The molecular formula is C34H63NO5. The van der Waals surface area contributed by atoms with E-state index in [9.17, 15) is 25.2 Å². The van der Waals surface area contributed by atoms with Crippen LogP contribution < -0.4 is 5.32 Å². The van der Waals surface area contributed by atoms with Crippen molar-refractivity contribution in [1.29, 1.82) is 0 Å². The molecule has 0 radical (unpaired) electrons. The number of carbonyl (C=O) groups is 1. The number of allylic oxidation sites excluding steroid dienone is 6. The van der Waals surface area contributed by atoms with Gasteiger partial charge in [0, 0.05) is 0 Å². The van der Waals surface area contributed by atoms with Crippen molar-refractivity contribution < 1.29 is 25.2 Å². The van der Waals surface area contributed by atoms with Crippen molar-refractivity contribution in [2.24, 2.45) is 0 Å². The van der Waals surface area contributed by atoms with Crippen LogP contribution in [0.4, 0.5) is 0 Å². The van der Waals surface area contributed by atoms with Crippen molar-refractivity contribution in [2.45, 2.75) is 167 Å². The van der Waals surface area contributed by atoms with Crippen LogP contribution in [0, 0.1) is 0 Å². The lowest BCUT2D eigenvalue weighted by Crippen LogP contribution is -2.53. The maximum Gasteiger partial charge on any atom is 0.249 e. The van der Waals surface area contributed by atoms with E-state index in [1.165, 1.54) is 64.2 Å². The number of amides is 1. The zero-order valence-electron chi connectivity index (χ0n) is 25.8. The Bertz CT molecular complexity index is 648. The van der Waals surface area contributed by atoms with Gasteiger partial charge in [-0.15, -0.1) is 0 Å². The number of hydrogen-bond acceptors (Lipinski definition) is 5. The van der Waals surface area contributed by atoms with Gasteiger partial charge >= 0.3 is 0 Å². The minimum atomic E-state index is -1.28. The molecule has 4 atom stereocenters. The van der Waals surface area contributed by atoms with Crippen molar-refractivity contribution in [3.05, 3.63) is 36.5 Å². The van der Waals surface area contributed by atoms with Crippen molar-refractivity contribution in [3.63, 3.8) is 0 Å². The molecule has 0 aliphatic rings. The van der Waals surface area contributed by atoms with Crippen LogP contribution in [-0.4, -0.2) is 57.3 Å². The van der Waals surface area contributed by atoms with Crippen molar-refractivity contribution >= 4 is 5.91 Å². The first-order valence-electron chi connectivity index (χ1n) is 16.4. The fourth-order valence-electron chi connectivity index (χ4n) is 4.63. The molecule has 6 nitrogen and oxygen atoms in total. The first-order valence-corrected chi connectivity index (χ1v) is 16.4. The molecule has 0 heterocycles. The summed E-state index contributed by atoms with van der Waals surface area (Å²) in [7, 11) is 0. The summed E-state index contributed by atoms with van der Waals surface area (Å²) >= 11 is 0. The first kappa shape index (κ1) is 38.5. The predicted molar refractivity (Wildman–Crippen MR) is 168 cm³/mol. The summed E-state index contributed by atoms with van der Waals surface area (Å²) in [4.78, 5) is 12.3. The summed E-state index contributed by atoms with van der Waals surface area (Å²) in [5.41, 5.74) is 0. The molecular weight excluding hydrogens is 502 g/mol. The highest BCUT2D eigenvalue weighted by Gasteiger charge is 2.28. The van der Waals surface area contributed by atoms with Crippen LogP contribution in [0.15, 0.2) is 36.5 Å². The van der Waals surface area contributed by atoms with Crippen LogP contribution in [0.5, 0.6) is 0 Å². The molecule has 0 saturated heterocycles. The van der Waals surface area contributed by atoms with Gasteiger partial charge in [-0.05, 0) is 57.8 Å². The second kappa shape index (κ2) is 29.0. The quantitative estimate of drug-likeness (QED) is 0.0396. The minimum Gasteiger partial charge on any atom is -0.394 e. The lowest BCUT2D eigenvalue weighted by molar-refractivity contribution is -0.132. The Labute approximate surface area is 246 Å². The van der Waals surface area contributed by atoms with Gasteiger partial charge in [0.1, 0.15) is 12.2 Å². The maximum atomic E-state index is 12.3. The zero-order valence-corrected chi connectivity index (χ0v) is 25.8. The maximum absolute atomic E-state index is 12.3. The third-order valence-electron chi connectivity index (χ3n) is 7.33. The number of unbranched alkanes of at least 4 members (excludes halogenated alkanes) is 14. The monoisotopic (exact) mass is 565 g/mol. The zero-order chi connectivity index (χ0) is 29.7. The van der Waals surface area contributed by atoms with Gasteiger partial charge in [0.25, 0.3) is 0 Å². The van der Waals surface area contributed by atoms with Crippen LogP contribution in [0.2, 0.25) is 0 Å². The largest absolute Gasteiger partial charge is 0.394 e. The molecule has 6 heteroatoms.